The molecule has 1 N–H and O–H groups in total. The number of rotatable bonds is 12. The number of aryl methyl sites for hydroxylation is 1. The van der Waals surface area contributed by atoms with Crippen molar-refractivity contribution >= 4 is 39.1 Å². The van der Waals surface area contributed by atoms with E-state index >= 15 is 0 Å². The normalized spacial score (nSPS) is 12.3. The van der Waals surface area contributed by atoms with E-state index in [2.05, 4.69) is 5.32 Å². The Kier molecular flexibility index (Phi) is 10.6. The molecule has 0 aliphatic rings. The van der Waals surface area contributed by atoms with Crippen LogP contribution in [0.1, 0.15) is 51.7 Å². The summed E-state index contributed by atoms with van der Waals surface area (Å²) in [5, 5.41) is 3.44. The van der Waals surface area contributed by atoms with Gasteiger partial charge in [-0.3, -0.25) is 13.9 Å². The highest BCUT2D eigenvalue weighted by atomic mass is 35.5. The molecule has 2 amide bonds. The zero-order valence-corrected chi connectivity index (χ0v) is 22.7. The smallest absolute Gasteiger partial charge is 0.242 e. The lowest BCUT2D eigenvalue weighted by atomic mass is 10.1. The largest absolute Gasteiger partial charge is 0.352 e. The Morgan fingerprint density at radius 1 is 0.971 bits per heavy atom. The molecule has 0 bridgehead atoms. The molecule has 0 spiro atoms. The van der Waals surface area contributed by atoms with Gasteiger partial charge in [-0.2, -0.15) is 0 Å². The van der Waals surface area contributed by atoms with Crippen LogP contribution >= 0.6 is 11.6 Å². The molecule has 0 heterocycles. The van der Waals surface area contributed by atoms with Crippen LogP contribution in [-0.2, 0) is 32.6 Å². The molecule has 0 fully saturated rings. The average molecular weight is 522 g/mol. The van der Waals surface area contributed by atoms with Crippen LogP contribution in [0.2, 0.25) is 5.02 Å². The third kappa shape index (κ3) is 8.85. The highest BCUT2D eigenvalue weighted by molar-refractivity contribution is 7.92. The summed E-state index contributed by atoms with van der Waals surface area (Å²) in [5.74, 6) is -0.461. The molecule has 2 rings (SSSR count). The van der Waals surface area contributed by atoms with Crippen LogP contribution in [0, 0.1) is 0 Å². The fourth-order valence-electron chi connectivity index (χ4n) is 3.68. The first kappa shape index (κ1) is 28.7. The molecule has 2 aromatic carbocycles. The summed E-state index contributed by atoms with van der Waals surface area (Å²) in [6, 6.07) is 13.8. The summed E-state index contributed by atoms with van der Waals surface area (Å²) in [4.78, 5) is 27.5. The Morgan fingerprint density at radius 3 is 2.06 bits per heavy atom. The number of hydrogen-bond donors (Lipinski definition) is 1. The van der Waals surface area contributed by atoms with Gasteiger partial charge in [0.1, 0.15) is 6.04 Å². The third-order valence-corrected chi connectivity index (χ3v) is 7.10. The lowest BCUT2D eigenvalue weighted by molar-refractivity contribution is -0.140. The van der Waals surface area contributed by atoms with Crippen molar-refractivity contribution < 1.29 is 18.0 Å². The van der Waals surface area contributed by atoms with E-state index in [1.165, 1.54) is 9.21 Å². The highest BCUT2D eigenvalue weighted by Crippen LogP contribution is 2.20. The molecule has 0 aromatic heterocycles. The predicted octanol–water partition coefficient (Wildman–Crippen LogP) is 4.39. The van der Waals surface area contributed by atoms with Gasteiger partial charge in [-0.25, -0.2) is 8.42 Å². The van der Waals surface area contributed by atoms with E-state index < -0.39 is 16.1 Å². The van der Waals surface area contributed by atoms with Gasteiger partial charge in [0.2, 0.25) is 21.8 Å². The predicted molar refractivity (Wildman–Crippen MR) is 142 cm³/mol. The van der Waals surface area contributed by atoms with Crippen molar-refractivity contribution in [3.05, 3.63) is 64.7 Å². The molecular formula is C26H36ClN3O4S. The maximum Gasteiger partial charge on any atom is 0.242 e. The van der Waals surface area contributed by atoms with E-state index in [4.69, 9.17) is 11.6 Å². The molecule has 0 radical (unpaired) electrons. The van der Waals surface area contributed by atoms with Crippen LogP contribution in [0.4, 0.5) is 5.69 Å². The minimum Gasteiger partial charge on any atom is -0.352 e. The minimum absolute atomic E-state index is 0.0557. The standard InChI is InChI=1S/C26H36ClN3O4S/c1-6-21-11-15-24(16-12-21)30(35(5,33)34)17-7-8-25(31)29(20(4)26(32)28-19(2)3)18-22-9-13-23(27)14-10-22/h9-16,19-20H,6-8,17-18H2,1-5H3,(H,28,32)/t20-/m0/s1. The summed E-state index contributed by atoms with van der Waals surface area (Å²) in [6.45, 7) is 7.87. The van der Waals surface area contributed by atoms with Crippen LogP contribution in [-0.4, -0.2) is 50.0 Å². The first-order valence-corrected chi connectivity index (χ1v) is 14.1. The van der Waals surface area contributed by atoms with Gasteiger partial charge in [0.15, 0.2) is 0 Å². The SMILES string of the molecule is CCc1ccc(N(CCCC(=O)N(Cc2ccc(Cl)cc2)[C@@H](C)C(=O)NC(C)C)S(C)(=O)=O)cc1. The molecule has 1 atom stereocenters. The fraction of sp³-hybridized carbons (Fsp3) is 0.462. The number of halogens is 1. The lowest BCUT2D eigenvalue weighted by Gasteiger charge is -2.30. The number of anilines is 1. The molecular weight excluding hydrogens is 486 g/mol. The molecule has 0 saturated carbocycles. The number of carbonyl (C=O) groups excluding carboxylic acids is 2. The van der Waals surface area contributed by atoms with Crippen molar-refractivity contribution in [1.82, 2.24) is 10.2 Å². The monoisotopic (exact) mass is 521 g/mol. The lowest BCUT2D eigenvalue weighted by Crippen LogP contribution is -2.49. The van der Waals surface area contributed by atoms with Crippen LogP contribution in [0.25, 0.3) is 0 Å². The summed E-state index contributed by atoms with van der Waals surface area (Å²) in [6.07, 6.45) is 2.44. The highest BCUT2D eigenvalue weighted by Gasteiger charge is 2.27. The maximum absolute atomic E-state index is 13.2. The summed E-state index contributed by atoms with van der Waals surface area (Å²) >= 11 is 5.98. The quantitative estimate of drug-likeness (QED) is 0.448. The second-order valence-corrected chi connectivity index (χ2v) is 11.3. The maximum atomic E-state index is 13.2. The van der Waals surface area contributed by atoms with Gasteiger partial charge in [0.05, 0.1) is 11.9 Å². The van der Waals surface area contributed by atoms with Gasteiger partial charge < -0.3 is 10.2 Å². The van der Waals surface area contributed by atoms with Crippen molar-refractivity contribution in [2.75, 3.05) is 17.1 Å². The van der Waals surface area contributed by atoms with E-state index in [-0.39, 0.29) is 37.4 Å². The van der Waals surface area contributed by atoms with E-state index in [0.29, 0.717) is 17.1 Å². The molecule has 192 valence electrons. The summed E-state index contributed by atoms with van der Waals surface area (Å²) < 4.78 is 26.2. The van der Waals surface area contributed by atoms with Gasteiger partial charge in [-0.15, -0.1) is 0 Å². The van der Waals surface area contributed by atoms with Gasteiger partial charge >= 0.3 is 0 Å². The van der Waals surface area contributed by atoms with E-state index in [0.717, 1.165) is 23.8 Å². The molecule has 9 heteroatoms. The minimum atomic E-state index is -3.52. The molecule has 2 aromatic rings. The molecule has 7 nitrogen and oxygen atoms in total. The number of amides is 2. The number of benzene rings is 2. The number of sulfonamides is 1. The van der Waals surface area contributed by atoms with Crippen molar-refractivity contribution in [2.45, 2.75) is 65.6 Å². The average Bonchev–Trinajstić information content (AvgIpc) is 2.79. The van der Waals surface area contributed by atoms with Crippen LogP contribution < -0.4 is 9.62 Å². The second-order valence-electron chi connectivity index (χ2n) is 8.95. The van der Waals surface area contributed by atoms with Crippen LogP contribution in [0.15, 0.2) is 48.5 Å². The number of hydrogen-bond acceptors (Lipinski definition) is 4. The van der Waals surface area contributed by atoms with Gasteiger partial charge in [-0.05, 0) is 69.0 Å². The number of nitrogens with zero attached hydrogens (tertiary/aromatic N) is 2. The van der Waals surface area contributed by atoms with E-state index in [1.54, 1.807) is 31.2 Å². The second kappa shape index (κ2) is 12.9. The van der Waals surface area contributed by atoms with Gasteiger partial charge in [-0.1, -0.05) is 42.8 Å². The number of nitrogens with one attached hydrogen (secondary N) is 1. The Hall–Kier alpha value is -2.58. The van der Waals surface area contributed by atoms with Crippen molar-refractivity contribution in [3.63, 3.8) is 0 Å². The Bertz CT molecular complexity index is 1090. The summed E-state index contributed by atoms with van der Waals surface area (Å²) in [5.41, 5.74) is 2.53. The topological polar surface area (TPSA) is 86.8 Å². The van der Waals surface area contributed by atoms with Gasteiger partial charge in [0.25, 0.3) is 0 Å². The van der Waals surface area contributed by atoms with Crippen LogP contribution in [0.5, 0.6) is 0 Å². The molecule has 0 unspecified atom stereocenters. The van der Waals surface area contributed by atoms with Crippen LogP contribution in [0.3, 0.4) is 0 Å². The van der Waals surface area contributed by atoms with Crippen molar-refractivity contribution in [2.24, 2.45) is 0 Å². The summed E-state index contributed by atoms with van der Waals surface area (Å²) in [7, 11) is -3.52. The zero-order valence-electron chi connectivity index (χ0n) is 21.1. The zero-order chi connectivity index (χ0) is 26.2. The van der Waals surface area contributed by atoms with Gasteiger partial charge in [0, 0.05) is 30.6 Å². The molecule has 0 saturated heterocycles. The molecule has 0 aliphatic heterocycles. The number of carbonyl (C=O) groups is 2. The van der Waals surface area contributed by atoms with Crippen molar-refractivity contribution in [1.29, 1.82) is 0 Å². The molecule has 35 heavy (non-hydrogen) atoms. The van der Waals surface area contributed by atoms with E-state index in [9.17, 15) is 18.0 Å². The first-order chi connectivity index (χ1) is 16.4. The molecule has 0 aliphatic carbocycles. The van der Waals surface area contributed by atoms with E-state index in [1.807, 2.05) is 45.0 Å². The third-order valence-electron chi connectivity index (χ3n) is 5.65. The van der Waals surface area contributed by atoms with Crippen molar-refractivity contribution in [3.8, 4) is 0 Å². The fourth-order valence-corrected chi connectivity index (χ4v) is 4.77. The Labute approximate surface area is 214 Å². The Morgan fingerprint density at radius 2 is 1.54 bits per heavy atom. The Balaban J connectivity index is 2.15. The first-order valence-electron chi connectivity index (χ1n) is 11.8.